The van der Waals surface area contributed by atoms with Crippen LogP contribution >= 0.6 is 11.6 Å². The van der Waals surface area contributed by atoms with Crippen molar-refractivity contribution < 1.29 is 14.3 Å². The van der Waals surface area contributed by atoms with Crippen LogP contribution in [0, 0.1) is 12.3 Å². The normalized spacial score (nSPS) is 16.5. The lowest BCUT2D eigenvalue weighted by Gasteiger charge is -2.29. The maximum atomic E-state index is 11.8. The van der Waals surface area contributed by atoms with Crippen molar-refractivity contribution in [2.75, 3.05) is 6.61 Å². The standard InChI is InChI=1S/C17H21ClN2O3/c1-11-6-14(4-5-15(11)18)23-10-16(22)20-19-12-7-13(21)9-17(2,3)8-12/h4-7,19H,8-10H2,1-3H3,(H,20,22). The molecule has 0 atom stereocenters. The van der Waals surface area contributed by atoms with Gasteiger partial charge in [-0.05, 0) is 42.5 Å². The smallest absolute Gasteiger partial charge is 0.276 e. The largest absolute Gasteiger partial charge is 0.484 e. The van der Waals surface area contributed by atoms with E-state index in [9.17, 15) is 9.59 Å². The first-order chi connectivity index (χ1) is 10.7. The van der Waals surface area contributed by atoms with Gasteiger partial charge in [0.05, 0.1) is 0 Å². The minimum atomic E-state index is -0.325. The van der Waals surface area contributed by atoms with Crippen LogP contribution in [0.25, 0.3) is 0 Å². The van der Waals surface area contributed by atoms with Gasteiger partial charge in [-0.25, -0.2) is 0 Å². The number of hydrogen-bond acceptors (Lipinski definition) is 4. The molecule has 1 amide bonds. The minimum absolute atomic E-state index is 0.0610. The lowest BCUT2D eigenvalue weighted by atomic mass is 9.79. The first kappa shape index (κ1) is 17.3. The highest BCUT2D eigenvalue weighted by molar-refractivity contribution is 6.31. The number of allylic oxidation sites excluding steroid dienone is 2. The average molecular weight is 337 g/mol. The van der Waals surface area contributed by atoms with E-state index in [1.165, 1.54) is 6.08 Å². The number of halogens is 1. The molecule has 2 N–H and O–H groups in total. The molecule has 2 rings (SSSR count). The van der Waals surface area contributed by atoms with Gasteiger partial charge in [-0.1, -0.05) is 25.4 Å². The molecule has 0 spiro atoms. The summed E-state index contributed by atoms with van der Waals surface area (Å²) in [7, 11) is 0. The highest BCUT2D eigenvalue weighted by Crippen LogP contribution is 2.32. The van der Waals surface area contributed by atoms with E-state index in [0.717, 1.165) is 5.56 Å². The van der Waals surface area contributed by atoms with Gasteiger partial charge < -0.3 is 10.2 Å². The molecule has 6 heteroatoms. The molecule has 0 radical (unpaired) electrons. The van der Waals surface area contributed by atoms with Gasteiger partial charge >= 0.3 is 0 Å². The number of ether oxygens (including phenoxy) is 1. The molecule has 0 bridgehead atoms. The molecule has 0 saturated heterocycles. The molecule has 0 heterocycles. The number of benzene rings is 1. The number of carbonyl (C=O) groups excluding carboxylic acids is 2. The molecule has 1 aromatic carbocycles. The quantitative estimate of drug-likeness (QED) is 0.811. The molecule has 0 fully saturated rings. The third-order valence-electron chi connectivity index (χ3n) is 3.52. The third-order valence-corrected chi connectivity index (χ3v) is 3.94. The second-order valence-electron chi connectivity index (χ2n) is 6.53. The molecule has 23 heavy (non-hydrogen) atoms. The van der Waals surface area contributed by atoms with E-state index in [4.69, 9.17) is 16.3 Å². The van der Waals surface area contributed by atoms with Gasteiger partial charge in [0.1, 0.15) is 5.75 Å². The van der Waals surface area contributed by atoms with Crippen LogP contribution in [0.15, 0.2) is 30.0 Å². The molecule has 0 aromatic heterocycles. The highest BCUT2D eigenvalue weighted by atomic mass is 35.5. The average Bonchev–Trinajstić information content (AvgIpc) is 2.44. The Bertz CT molecular complexity index is 653. The van der Waals surface area contributed by atoms with Crippen molar-refractivity contribution in [1.29, 1.82) is 0 Å². The van der Waals surface area contributed by atoms with Crippen molar-refractivity contribution in [3.63, 3.8) is 0 Å². The Balaban J connectivity index is 1.81. The Morgan fingerprint density at radius 2 is 2.09 bits per heavy atom. The molecule has 124 valence electrons. The fourth-order valence-corrected chi connectivity index (χ4v) is 2.59. The number of ketones is 1. The van der Waals surface area contributed by atoms with Crippen molar-refractivity contribution in [2.45, 2.75) is 33.6 Å². The van der Waals surface area contributed by atoms with Crippen LogP contribution in [0.1, 0.15) is 32.3 Å². The molecule has 1 aliphatic rings. The highest BCUT2D eigenvalue weighted by Gasteiger charge is 2.27. The van der Waals surface area contributed by atoms with Crippen molar-refractivity contribution in [3.05, 3.63) is 40.6 Å². The summed E-state index contributed by atoms with van der Waals surface area (Å²) in [6, 6.07) is 5.21. The lowest BCUT2D eigenvalue weighted by molar-refractivity contribution is -0.124. The summed E-state index contributed by atoms with van der Waals surface area (Å²) in [5, 5.41) is 0.653. The molecule has 1 aromatic rings. The van der Waals surface area contributed by atoms with Crippen molar-refractivity contribution >= 4 is 23.3 Å². The van der Waals surface area contributed by atoms with Gasteiger partial charge in [-0.15, -0.1) is 0 Å². The zero-order chi connectivity index (χ0) is 17.0. The van der Waals surface area contributed by atoms with E-state index in [0.29, 0.717) is 29.3 Å². The van der Waals surface area contributed by atoms with E-state index < -0.39 is 0 Å². The van der Waals surface area contributed by atoms with Crippen LogP contribution in [0.2, 0.25) is 5.02 Å². The number of hydrazine groups is 1. The van der Waals surface area contributed by atoms with Gasteiger partial charge in [-0.3, -0.25) is 15.0 Å². The molecule has 5 nitrogen and oxygen atoms in total. The van der Waals surface area contributed by atoms with E-state index in [1.807, 2.05) is 20.8 Å². The van der Waals surface area contributed by atoms with E-state index >= 15 is 0 Å². The summed E-state index contributed by atoms with van der Waals surface area (Å²) in [4.78, 5) is 23.5. The Morgan fingerprint density at radius 3 is 2.74 bits per heavy atom. The first-order valence-electron chi connectivity index (χ1n) is 7.42. The van der Waals surface area contributed by atoms with Crippen LogP contribution in [-0.2, 0) is 9.59 Å². The van der Waals surface area contributed by atoms with Crippen LogP contribution in [0.5, 0.6) is 5.75 Å². The summed E-state index contributed by atoms with van der Waals surface area (Å²) in [5.74, 6) is 0.315. The maximum absolute atomic E-state index is 11.8. The maximum Gasteiger partial charge on any atom is 0.276 e. The molecule has 1 aliphatic carbocycles. The molecule has 0 aliphatic heterocycles. The topological polar surface area (TPSA) is 67.4 Å². The van der Waals surface area contributed by atoms with Crippen molar-refractivity contribution in [2.24, 2.45) is 5.41 Å². The SMILES string of the molecule is Cc1cc(OCC(=O)NNC2=CC(=O)CC(C)(C)C2)ccc1Cl. The minimum Gasteiger partial charge on any atom is -0.484 e. The van der Waals surface area contributed by atoms with E-state index in [-0.39, 0.29) is 23.7 Å². The molecular formula is C17H21ClN2O3. The Labute approximate surface area is 141 Å². The first-order valence-corrected chi connectivity index (χ1v) is 7.80. The fraction of sp³-hybridized carbons (Fsp3) is 0.412. The summed E-state index contributed by atoms with van der Waals surface area (Å²) in [6.45, 7) is 5.78. The van der Waals surface area contributed by atoms with Crippen LogP contribution in [-0.4, -0.2) is 18.3 Å². The second-order valence-corrected chi connectivity index (χ2v) is 6.93. The second kappa shape index (κ2) is 7.04. The summed E-state index contributed by atoms with van der Waals surface area (Å²) < 4.78 is 5.41. The van der Waals surface area contributed by atoms with Gasteiger partial charge in [0.2, 0.25) is 0 Å². The van der Waals surface area contributed by atoms with Gasteiger partial charge in [0, 0.05) is 23.2 Å². The van der Waals surface area contributed by atoms with E-state index in [2.05, 4.69) is 10.9 Å². The van der Waals surface area contributed by atoms with Crippen molar-refractivity contribution in [3.8, 4) is 5.75 Å². The summed E-state index contributed by atoms with van der Waals surface area (Å²) >= 11 is 5.94. The predicted molar refractivity (Wildman–Crippen MR) is 89.1 cm³/mol. The lowest BCUT2D eigenvalue weighted by Crippen LogP contribution is -2.42. The number of rotatable bonds is 5. The number of nitrogens with one attached hydrogen (secondary N) is 2. The summed E-state index contributed by atoms with van der Waals surface area (Å²) in [5.41, 5.74) is 6.84. The van der Waals surface area contributed by atoms with Crippen LogP contribution in [0.3, 0.4) is 0 Å². The molecule has 0 unspecified atom stereocenters. The third kappa shape index (κ3) is 5.28. The number of aryl methyl sites for hydroxylation is 1. The Morgan fingerprint density at radius 1 is 1.35 bits per heavy atom. The zero-order valence-corrected chi connectivity index (χ0v) is 14.3. The van der Waals surface area contributed by atoms with Gasteiger partial charge in [0.15, 0.2) is 12.4 Å². The monoisotopic (exact) mass is 336 g/mol. The Hall–Kier alpha value is -2.01. The van der Waals surface area contributed by atoms with E-state index in [1.54, 1.807) is 18.2 Å². The van der Waals surface area contributed by atoms with Gasteiger partial charge in [-0.2, -0.15) is 0 Å². The predicted octanol–water partition coefficient (Wildman–Crippen LogP) is 2.92. The number of amides is 1. The Kier molecular flexibility index (Phi) is 5.31. The fourth-order valence-electron chi connectivity index (χ4n) is 2.47. The van der Waals surface area contributed by atoms with Crippen LogP contribution < -0.4 is 15.6 Å². The van der Waals surface area contributed by atoms with Crippen molar-refractivity contribution in [1.82, 2.24) is 10.9 Å². The zero-order valence-electron chi connectivity index (χ0n) is 13.5. The molecule has 0 saturated carbocycles. The summed E-state index contributed by atoms with van der Waals surface area (Å²) in [6.07, 6.45) is 2.76. The number of hydrogen-bond donors (Lipinski definition) is 2. The number of carbonyl (C=O) groups is 2. The molecular weight excluding hydrogens is 316 g/mol. The van der Waals surface area contributed by atoms with Crippen LogP contribution in [0.4, 0.5) is 0 Å². The van der Waals surface area contributed by atoms with Gasteiger partial charge in [0.25, 0.3) is 5.91 Å².